The quantitative estimate of drug-likeness (QED) is 0.731. The van der Waals surface area contributed by atoms with E-state index < -0.39 is 12.6 Å². The lowest BCUT2D eigenvalue weighted by Gasteiger charge is -2.32. The molecule has 0 aromatic rings. The molecule has 1 aliphatic heterocycles. The highest BCUT2D eigenvalue weighted by Gasteiger charge is 2.29. The summed E-state index contributed by atoms with van der Waals surface area (Å²) in [5.41, 5.74) is 0. The van der Waals surface area contributed by atoms with Crippen molar-refractivity contribution in [3.05, 3.63) is 0 Å². The van der Waals surface area contributed by atoms with Crippen LogP contribution in [0.15, 0.2) is 0 Å². The second-order valence-electron chi connectivity index (χ2n) is 3.31. The summed E-state index contributed by atoms with van der Waals surface area (Å²) in [5.74, 6) is 0. The smallest absolute Gasteiger partial charge is 0.375 e. The average Bonchev–Trinajstić information content (AvgIpc) is 2.14. The van der Waals surface area contributed by atoms with Gasteiger partial charge in [0.25, 0.3) is 0 Å². The van der Waals surface area contributed by atoms with Crippen LogP contribution in [0.1, 0.15) is 6.42 Å². The maximum Gasteiger partial charge on any atom is 0.390 e. The minimum Gasteiger partial charge on any atom is -0.375 e. The fourth-order valence-electron chi connectivity index (χ4n) is 1.36. The Hall–Kier alpha value is 0.190. The van der Waals surface area contributed by atoms with Gasteiger partial charge in [0.15, 0.2) is 0 Å². The Kier molecular flexibility index (Phi) is 4.66. The average molecular weight is 276 g/mol. The molecule has 1 heterocycles. The van der Waals surface area contributed by atoms with Gasteiger partial charge in [0.1, 0.15) is 0 Å². The van der Waals surface area contributed by atoms with Gasteiger partial charge in [-0.25, -0.2) is 0 Å². The summed E-state index contributed by atoms with van der Waals surface area (Å²) < 4.78 is 41.1. The zero-order chi connectivity index (χ0) is 10.6. The van der Waals surface area contributed by atoms with Crippen LogP contribution in [0.2, 0.25) is 0 Å². The van der Waals surface area contributed by atoms with Gasteiger partial charge in [0, 0.05) is 25.0 Å². The molecule has 0 radical (unpaired) electrons. The van der Waals surface area contributed by atoms with Gasteiger partial charge in [-0.2, -0.15) is 13.2 Å². The summed E-state index contributed by atoms with van der Waals surface area (Å²) in [4.78, 5) is 1.79. The predicted octanol–water partition coefficient (Wildman–Crippen LogP) is 2.03. The van der Waals surface area contributed by atoms with Crippen molar-refractivity contribution >= 4 is 15.9 Å². The fourth-order valence-corrected chi connectivity index (χ4v) is 1.75. The van der Waals surface area contributed by atoms with Crippen molar-refractivity contribution < 1.29 is 17.9 Å². The molecule has 6 heteroatoms. The summed E-state index contributed by atoms with van der Waals surface area (Å²) in [6.07, 6.45) is -4.76. The maximum atomic E-state index is 11.9. The molecule has 2 nitrogen and oxygen atoms in total. The van der Waals surface area contributed by atoms with Crippen LogP contribution >= 0.6 is 15.9 Å². The molecule has 0 N–H and O–H groups in total. The molecule has 1 aliphatic rings. The van der Waals surface area contributed by atoms with Gasteiger partial charge in [0.05, 0.1) is 19.1 Å². The minimum atomic E-state index is -4.05. The van der Waals surface area contributed by atoms with Gasteiger partial charge < -0.3 is 4.74 Å². The van der Waals surface area contributed by atoms with E-state index in [9.17, 15) is 13.2 Å². The van der Waals surface area contributed by atoms with Gasteiger partial charge in [-0.1, -0.05) is 15.9 Å². The summed E-state index contributed by atoms with van der Waals surface area (Å²) in [6.45, 7) is 1.78. The van der Waals surface area contributed by atoms with Gasteiger partial charge in [0.2, 0.25) is 0 Å². The Labute approximate surface area is 89.5 Å². The van der Waals surface area contributed by atoms with Gasteiger partial charge in [-0.05, 0) is 0 Å². The number of halogens is 4. The van der Waals surface area contributed by atoms with Gasteiger partial charge in [-0.3, -0.25) is 4.90 Å². The standard InChI is InChI=1S/C8H13BrF3NO/c9-5-7-6-13(3-4-14-7)2-1-8(10,11)12/h7H,1-6H2. The van der Waals surface area contributed by atoms with Gasteiger partial charge in [-0.15, -0.1) is 0 Å². The molecule has 0 aliphatic carbocycles. The molecule has 1 rings (SSSR count). The number of nitrogens with zero attached hydrogens (tertiary/aromatic N) is 1. The number of hydrogen-bond donors (Lipinski definition) is 0. The largest absolute Gasteiger partial charge is 0.390 e. The Morgan fingerprint density at radius 2 is 2.14 bits per heavy atom. The Morgan fingerprint density at radius 3 is 2.71 bits per heavy atom. The van der Waals surface area contributed by atoms with Crippen LogP contribution in [-0.4, -0.2) is 48.8 Å². The Morgan fingerprint density at radius 1 is 1.43 bits per heavy atom. The highest BCUT2D eigenvalue weighted by Crippen LogP contribution is 2.20. The van der Waals surface area contributed by atoms with Crippen LogP contribution in [0.5, 0.6) is 0 Å². The van der Waals surface area contributed by atoms with Crippen LogP contribution in [0.25, 0.3) is 0 Å². The third-order valence-electron chi connectivity index (χ3n) is 2.11. The molecule has 0 bridgehead atoms. The fraction of sp³-hybridized carbons (Fsp3) is 1.00. The van der Waals surface area contributed by atoms with E-state index in [4.69, 9.17) is 4.74 Å². The van der Waals surface area contributed by atoms with Crippen LogP contribution in [0.3, 0.4) is 0 Å². The van der Waals surface area contributed by atoms with Crippen molar-refractivity contribution in [1.29, 1.82) is 0 Å². The van der Waals surface area contributed by atoms with Crippen molar-refractivity contribution in [3.8, 4) is 0 Å². The zero-order valence-electron chi connectivity index (χ0n) is 7.69. The number of morpholine rings is 1. The van der Waals surface area contributed by atoms with Crippen molar-refractivity contribution in [1.82, 2.24) is 4.90 Å². The van der Waals surface area contributed by atoms with E-state index in [-0.39, 0.29) is 12.6 Å². The first kappa shape index (κ1) is 12.3. The van der Waals surface area contributed by atoms with Crippen molar-refractivity contribution in [3.63, 3.8) is 0 Å². The molecule has 0 amide bonds. The molecule has 1 atom stereocenters. The Bertz CT molecular complexity index is 176. The first-order valence-electron chi connectivity index (χ1n) is 4.48. The summed E-state index contributed by atoms with van der Waals surface area (Å²) in [5, 5.41) is 0.676. The van der Waals surface area contributed by atoms with Crippen molar-refractivity contribution in [2.75, 3.05) is 31.6 Å². The number of rotatable bonds is 3. The highest BCUT2D eigenvalue weighted by atomic mass is 79.9. The monoisotopic (exact) mass is 275 g/mol. The van der Waals surface area contributed by atoms with Crippen molar-refractivity contribution in [2.45, 2.75) is 18.7 Å². The SMILES string of the molecule is FC(F)(F)CCN1CCOC(CBr)C1. The van der Waals surface area contributed by atoms with Crippen molar-refractivity contribution in [2.24, 2.45) is 0 Å². The molecule has 84 valence electrons. The molecule has 0 aromatic carbocycles. The third kappa shape index (κ3) is 4.61. The summed E-state index contributed by atoms with van der Waals surface area (Å²) >= 11 is 3.26. The molecular weight excluding hydrogens is 263 g/mol. The number of ether oxygens (including phenoxy) is 1. The number of alkyl halides is 4. The lowest BCUT2D eigenvalue weighted by molar-refractivity contribution is -0.141. The van der Waals surface area contributed by atoms with E-state index in [0.717, 1.165) is 0 Å². The molecule has 0 aromatic heterocycles. The van der Waals surface area contributed by atoms with Crippen LogP contribution in [0.4, 0.5) is 13.2 Å². The maximum absolute atomic E-state index is 11.9. The third-order valence-corrected chi connectivity index (χ3v) is 2.83. The van der Waals surface area contributed by atoms with Gasteiger partial charge >= 0.3 is 6.18 Å². The lowest BCUT2D eigenvalue weighted by Crippen LogP contribution is -2.44. The van der Waals surface area contributed by atoms with E-state index in [1.54, 1.807) is 4.90 Å². The number of hydrogen-bond acceptors (Lipinski definition) is 2. The normalized spacial score (nSPS) is 25.3. The minimum absolute atomic E-state index is 0.0250. The molecule has 14 heavy (non-hydrogen) atoms. The highest BCUT2D eigenvalue weighted by molar-refractivity contribution is 9.09. The molecule has 0 spiro atoms. The molecule has 0 saturated carbocycles. The van der Waals surface area contributed by atoms with Crippen LogP contribution < -0.4 is 0 Å². The second kappa shape index (κ2) is 5.32. The first-order valence-corrected chi connectivity index (χ1v) is 5.60. The molecule has 1 unspecified atom stereocenters. The molecule has 1 fully saturated rings. The van der Waals surface area contributed by atoms with E-state index in [1.807, 2.05) is 0 Å². The van der Waals surface area contributed by atoms with Crippen LogP contribution in [-0.2, 0) is 4.74 Å². The van der Waals surface area contributed by atoms with E-state index in [1.165, 1.54) is 0 Å². The molecular formula is C8H13BrF3NO. The van der Waals surface area contributed by atoms with E-state index >= 15 is 0 Å². The lowest BCUT2D eigenvalue weighted by atomic mass is 10.3. The molecule has 1 saturated heterocycles. The second-order valence-corrected chi connectivity index (χ2v) is 3.96. The topological polar surface area (TPSA) is 12.5 Å². The van der Waals surface area contributed by atoms with E-state index in [0.29, 0.717) is 25.0 Å². The zero-order valence-corrected chi connectivity index (χ0v) is 9.27. The van der Waals surface area contributed by atoms with E-state index in [2.05, 4.69) is 15.9 Å². The first-order chi connectivity index (χ1) is 6.51. The summed E-state index contributed by atoms with van der Waals surface area (Å²) in [6, 6.07) is 0. The Balaban J connectivity index is 2.24. The summed E-state index contributed by atoms with van der Waals surface area (Å²) in [7, 11) is 0. The van der Waals surface area contributed by atoms with Crippen LogP contribution in [0, 0.1) is 0 Å². The predicted molar refractivity (Wildman–Crippen MR) is 50.6 cm³/mol.